The van der Waals surface area contributed by atoms with Gasteiger partial charge in [-0.2, -0.15) is 13.2 Å². The molecule has 0 amide bonds. The molecule has 2 aromatic heterocycles. The third-order valence-electron chi connectivity index (χ3n) is 3.31. The van der Waals surface area contributed by atoms with Crippen LogP contribution in [0.1, 0.15) is 12.5 Å². The Kier molecular flexibility index (Phi) is 3.96. The molecular weight excluding hydrogens is 345 g/mol. The van der Waals surface area contributed by atoms with Crippen molar-refractivity contribution in [1.29, 1.82) is 0 Å². The second-order valence-electron chi connectivity index (χ2n) is 5.00. The summed E-state index contributed by atoms with van der Waals surface area (Å²) in [6.45, 7) is 1.26. The van der Waals surface area contributed by atoms with Crippen molar-refractivity contribution in [3.63, 3.8) is 0 Å². The molecule has 0 aliphatic heterocycles. The van der Waals surface area contributed by atoms with Gasteiger partial charge in [0.1, 0.15) is 0 Å². The van der Waals surface area contributed by atoms with Gasteiger partial charge in [-0.25, -0.2) is 4.98 Å². The highest BCUT2D eigenvalue weighted by Gasteiger charge is 2.32. The lowest BCUT2D eigenvalue weighted by atomic mass is 10.2. The zero-order valence-electron chi connectivity index (χ0n) is 12.3. The van der Waals surface area contributed by atoms with Crippen LogP contribution in [0.15, 0.2) is 42.7 Å². The largest absolute Gasteiger partial charge is 0.424 e. The Morgan fingerprint density at radius 3 is 2.62 bits per heavy atom. The second kappa shape index (κ2) is 5.83. The van der Waals surface area contributed by atoms with Gasteiger partial charge in [0.25, 0.3) is 0 Å². The number of fused-ring (bicyclic) bond motifs is 1. The van der Waals surface area contributed by atoms with Crippen LogP contribution >= 0.6 is 11.6 Å². The number of para-hydroxylation sites is 1. The van der Waals surface area contributed by atoms with E-state index in [1.165, 1.54) is 17.7 Å². The summed E-state index contributed by atoms with van der Waals surface area (Å²) in [5.74, 6) is -0.125. The zero-order chi connectivity index (χ0) is 17.5. The average molecular weight is 355 g/mol. The lowest BCUT2D eigenvalue weighted by Crippen LogP contribution is -2.07. The van der Waals surface area contributed by atoms with E-state index in [-0.39, 0.29) is 16.6 Å². The SMILES string of the molecule is CC(=O)Oc1cn(-c2ncc(C(F)(F)F)cc2Cl)c2ccccc12. The van der Waals surface area contributed by atoms with Crippen molar-refractivity contribution in [1.82, 2.24) is 9.55 Å². The molecule has 1 aromatic carbocycles. The van der Waals surface area contributed by atoms with E-state index in [1.54, 1.807) is 24.3 Å². The zero-order valence-corrected chi connectivity index (χ0v) is 13.0. The molecular formula is C16H10ClF3N2O2. The van der Waals surface area contributed by atoms with Crippen molar-refractivity contribution in [3.05, 3.63) is 53.3 Å². The van der Waals surface area contributed by atoms with Crippen LogP contribution in [-0.4, -0.2) is 15.5 Å². The van der Waals surface area contributed by atoms with E-state index in [9.17, 15) is 18.0 Å². The van der Waals surface area contributed by atoms with Crippen LogP contribution in [-0.2, 0) is 11.0 Å². The quantitative estimate of drug-likeness (QED) is 0.631. The molecule has 0 saturated carbocycles. The maximum absolute atomic E-state index is 12.7. The van der Waals surface area contributed by atoms with Crippen molar-refractivity contribution >= 4 is 28.5 Å². The molecule has 0 saturated heterocycles. The Balaban J connectivity index is 2.18. The second-order valence-corrected chi connectivity index (χ2v) is 5.41. The Labute approximate surface area is 139 Å². The summed E-state index contributed by atoms with van der Waals surface area (Å²) in [5.41, 5.74) is -0.337. The number of carbonyl (C=O) groups excluding carboxylic acids is 1. The number of nitrogens with zero attached hydrogens (tertiary/aromatic N) is 2. The van der Waals surface area contributed by atoms with Crippen molar-refractivity contribution < 1.29 is 22.7 Å². The molecule has 0 N–H and O–H groups in total. The Morgan fingerprint density at radius 2 is 2.00 bits per heavy atom. The van der Waals surface area contributed by atoms with Crippen LogP contribution in [0.5, 0.6) is 5.75 Å². The Bertz CT molecular complexity index is 935. The molecule has 2 heterocycles. The summed E-state index contributed by atoms with van der Waals surface area (Å²) >= 11 is 5.99. The Hall–Kier alpha value is -2.54. The van der Waals surface area contributed by atoms with Gasteiger partial charge in [0.05, 0.1) is 22.3 Å². The van der Waals surface area contributed by atoms with E-state index < -0.39 is 17.7 Å². The molecule has 0 spiro atoms. The number of rotatable bonds is 2. The molecule has 0 bridgehead atoms. The van der Waals surface area contributed by atoms with Gasteiger partial charge in [-0.05, 0) is 18.2 Å². The van der Waals surface area contributed by atoms with Crippen LogP contribution in [0, 0.1) is 0 Å². The van der Waals surface area contributed by atoms with Gasteiger partial charge in [0.15, 0.2) is 11.6 Å². The summed E-state index contributed by atoms with van der Waals surface area (Å²) in [4.78, 5) is 15.1. The van der Waals surface area contributed by atoms with E-state index in [0.29, 0.717) is 17.1 Å². The molecule has 3 rings (SSSR count). The smallest absolute Gasteiger partial charge is 0.417 e. The van der Waals surface area contributed by atoms with Gasteiger partial charge in [-0.15, -0.1) is 0 Å². The monoisotopic (exact) mass is 354 g/mol. The van der Waals surface area contributed by atoms with E-state index in [0.717, 1.165) is 6.07 Å². The number of pyridine rings is 1. The summed E-state index contributed by atoms with van der Waals surface area (Å²) < 4.78 is 44.8. The van der Waals surface area contributed by atoms with Gasteiger partial charge in [-0.3, -0.25) is 9.36 Å². The van der Waals surface area contributed by atoms with Gasteiger partial charge in [0, 0.05) is 18.5 Å². The number of aromatic nitrogens is 2. The maximum Gasteiger partial charge on any atom is 0.417 e. The van der Waals surface area contributed by atoms with E-state index in [4.69, 9.17) is 16.3 Å². The molecule has 124 valence electrons. The lowest BCUT2D eigenvalue weighted by Gasteiger charge is -2.10. The third-order valence-corrected chi connectivity index (χ3v) is 3.58. The number of carbonyl (C=O) groups is 1. The van der Waals surface area contributed by atoms with E-state index >= 15 is 0 Å². The molecule has 0 aliphatic carbocycles. The van der Waals surface area contributed by atoms with Crippen LogP contribution in [0.3, 0.4) is 0 Å². The first-order valence-corrected chi connectivity index (χ1v) is 7.17. The minimum absolute atomic E-state index is 0.110. The predicted molar refractivity (Wildman–Crippen MR) is 82.4 cm³/mol. The lowest BCUT2D eigenvalue weighted by molar-refractivity contribution is -0.138. The van der Waals surface area contributed by atoms with Crippen molar-refractivity contribution in [2.45, 2.75) is 13.1 Å². The molecule has 0 atom stereocenters. The molecule has 3 aromatic rings. The molecule has 0 fully saturated rings. The topological polar surface area (TPSA) is 44.1 Å². The van der Waals surface area contributed by atoms with Gasteiger partial charge in [0.2, 0.25) is 0 Å². The van der Waals surface area contributed by atoms with Crippen molar-refractivity contribution in [3.8, 4) is 11.6 Å². The molecule has 4 nitrogen and oxygen atoms in total. The highest BCUT2D eigenvalue weighted by Crippen LogP contribution is 2.35. The maximum atomic E-state index is 12.7. The Morgan fingerprint density at radius 1 is 1.29 bits per heavy atom. The van der Waals surface area contributed by atoms with Crippen LogP contribution < -0.4 is 4.74 Å². The first-order valence-electron chi connectivity index (χ1n) is 6.79. The van der Waals surface area contributed by atoms with E-state index in [1.807, 2.05) is 0 Å². The standard InChI is InChI=1S/C16H10ClF3N2O2/c1-9(23)24-14-8-22(13-5-3-2-4-11(13)14)15-12(17)6-10(7-21-15)16(18,19)20/h2-8H,1H3. The molecule has 8 heteroatoms. The highest BCUT2D eigenvalue weighted by molar-refractivity contribution is 6.32. The molecule has 0 aliphatic rings. The van der Waals surface area contributed by atoms with Crippen LogP contribution in [0.2, 0.25) is 5.02 Å². The summed E-state index contributed by atoms with van der Waals surface area (Å²) in [6.07, 6.45) is -2.36. The van der Waals surface area contributed by atoms with Crippen molar-refractivity contribution in [2.75, 3.05) is 0 Å². The number of esters is 1. The van der Waals surface area contributed by atoms with Gasteiger partial charge >= 0.3 is 12.1 Å². The summed E-state index contributed by atoms with van der Waals surface area (Å²) in [6, 6.07) is 7.75. The number of ether oxygens (including phenoxy) is 1. The third kappa shape index (κ3) is 2.94. The predicted octanol–water partition coefficient (Wildman–Crippen LogP) is 4.62. The summed E-state index contributed by atoms with van der Waals surface area (Å²) in [7, 11) is 0. The first kappa shape index (κ1) is 16.3. The minimum Gasteiger partial charge on any atom is -0.424 e. The van der Waals surface area contributed by atoms with Crippen molar-refractivity contribution in [2.24, 2.45) is 0 Å². The molecule has 0 radical (unpaired) electrons. The van der Waals surface area contributed by atoms with E-state index in [2.05, 4.69) is 4.98 Å². The van der Waals surface area contributed by atoms with Crippen LogP contribution in [0.4, 0.5) is 13.2 Å². The van der Waals surface area contributed by atoms with Crippen LogP contribution in [0.25, 0.3) is 16.7 Å². The average Bonchev–Trinajstić information content (AvgIpc) is 2.84. The number of hydrogen-bond acceptors (Lipinski definition) is 3. The number of alkyl halides is 3. The number of hydrogen-bond donors (Lipinski definition) is 0. The fourth-order valence-electron chi connectivity index (χ4n) is 2.32. The van der Waals surface area contributed by atoms with Gasteiger partial charge < -0.3 is 4.74 Å². The van der Waals surface area contributed by atoms with Gasteiger partial charge in [-0.1, -0.05) is 23.7 Å². The first-order chi connectivity index (χ1) is 11.3. The highest BCUT2D eigenvalue weighted by atomic mass is 35.5. The fourth-order valence-corrected chi connectivity index (χ4v) is 2.58. The fraction of sp³-hybridized carbons (Fsp3) is 0.125. The number of halogens is 4. The summed E-state index contributed by atoms with van der Waals surface area (Å²) in [5, 5.41) is 0.449. The normalized spacial score (nSPS) is 11.7. The minimum atomic E-state index is -4.53. The number of benzene rings is 1. The molecule has 24 heavy (non-hydrogen) atoms. The molecule has 0 unspecified atom stereocenters.